The second-order valence-electron chi connectivity index (χ2n) is 10.7. The van der Waals surface area contributed by atoms with Gasteiger partial charge in [0.1, 0.15) is 12.0 Å². The first kappa shape index (κ1) is 25.4. The van der Waals surface area contributed by atoms with Gasteiger partial charge in [0.15, 0.2) is 0 Å². The van der Waals surface area contributed by atoms with Crippen molar-refractivity contribution >= 4 is 27.0 Å². The van der Waals surface area contributed by atoms with Gasteiger partial charge in [-0.3, -0.25) is 0 Å². The maximum Gasteiger partial charge on any atom is 0.261 e. The monoisotopic (exact) mass is 456 g/mol. The molecule has 0 radical (unpaired) electrons. The Hall–Kier alpha value is -1.83. The summed E-state index contributed by atoms with van der Waals surface area (Å²) in [6.07, 6.45) is 1.98. The van der Waals surface area contributed by atoms with Gasteiger partial charge in [-0.05, 0) is 33.5 Å². The summed E-state index contributed by atoms with van der Waals surface area (Å²) in [5.41, 5.74) is 0. The molecule has 0 heterocycles. The van der Waals surface area contributed by atoms with Crippen molar-refractivity contribution in [2.75, 3.05) is 6.61 Å². The number of aliphatic hydroxyl groups is 1. The molecule has 0 saturated carbocycles. The molecule has 0 aliphatic rings. The van der Waals surface area contributed by atoms with Crippen molar-refractivity contribution in [2.24, 2.45) is 0 Å². The van der Waals surface area contributed by atoms with Crippen molar-refractivity contribution < 1.29 is 14.0 Å². The van der Waals surface area contributed by atoms with Gasteiger partial charge < -0.3 is 14.0 Å². The first-order valence-corrected chi connectivity index (χ1v) is 15.9. The molecule has 3 nitrogen and oxygen atoms in total. The van der Waals surface area contributed by atoms with Gasteiger partial charge in [0.25, 0.3) is 8.32 Å². The van der Waals surface area contributed by atoms with Crippen LogP contribution >= 0.6 is 0 Å². The average Bonchev–Trinajstić information content (AvgIpc) is 2.69. The predicted molar refractivity (Wildman–Crippen MR) is 137 cm³/mol. The molecular weight excluding hydrogens is 416 g/mol. The van der Waals surface area contributed by atoms with E-state index < -0.39 is 16.6 Å². The van der Waals surface area contributed by atoms with Crippen LogP contribution in [0.5, 0.6) is 0 Å². The van der Waals surface area contributed by atoms with E-state index in [-0.39, 0.29) is 15.8 Å². The lowest BCUT2D eigenvalue weighted by Gasteiger charge is -2.43. The van der Waals surface area contributed by atoms with E-state index >= 15 is 0 Å². The first-order chi connectivity index (χ1) is 14.3. The summed E-state index contributed by atoms with van der Waals surface area (Å²) < 4.78 is 12.9. The molecular formula is C26H40O3Si2. The Morgan fingerprint density at radius 3 is 1.65 bits per heavy atom. The highest BCUT2D eigenvalue weighted by Gasteiger charge is 2.50. The van der Waals surface area contributed by atoms with Gasteiger partial charge in [0.2, 0.25) is 8.32 Å². The zero-order chi connectivity index (χ0) is 23.3. The van der Waals surface area contributed by atoms with E-state index in [0.29, 0.717) is 13.0 Å². The summed E-state index contributed by atoms with van der Waals surface area (Å²) in [6.45, 7) is 18.1. The maximum atomic E-state index is 10.5. The normalized spacial score (nSPS) is 13.9. The summed E-state index contributed by atoms with van der Waals surface area (Å²) in [4.78, 5) is 0. The number of hydrogen-bond acceptors (Lipinski definition) is 3. The second-order valence-corrected chi connectivity index (χ2v) is 19.8. The van der Waals surface area contributed by atoms with Gasteiger partial charge >= 0.3 is 0 Å². The number of hydrogen-bond donors (Lipinski definition) is 1. The highest BCUT2D eigenvalue weighted by atomic mass is 28.4. The van der Waals surface area contributed by atoms with Crippen LogP contribution in [0.1, 0.15) is 48.0 Å². The average molecular weight is 457 g/mol. The highest BCUT2D eigenvalue weighted by molar-refractivity contribution is 6.99. The van der Waals surface area contributed by atoms with Crippen molar-refractivity contribution in [3.8, 4) is 0 Å². The molecule has 0 aromatic heterocycles. The van der Waals surface area contributed by atoms with Crippen LogP contribution in [0.15, 0.2) is 72.7 Å². The topological polar surface area (TPSA) is 38.7 Å². The predicted octanol–water partition coefficient (Wildman–Crippen LogP) is 6.37. The fraction of sp³-hybridized carbons (Fsp3) is 0.462. The molecule has 0 spiro atoms. The SMILES string of the molecule is CC(C)(C)[Si](C)(C)OC=C(O)CCO[Si](c1ccccc1)(c1ccccc1)C(C)(C)C. The summed E-state index contributed by atoms with van der Waals surface area (Å²) >= 11 is 0. The lowest BCUT2D eigenvalue weighted by molar-refractivity contribution is 0.263. The van der Waals surface area contributed by atoms with Gasteiger partial charge in [0.05, 0.1) is 0 Å². The van der Waals surface area contributed by atoms with E-state index in [2.05, 4.69) is 103 Å². The molecule has 0 aliphatic carbocycles. The zero-order valence-corrected chi connectivity index (χ0v) is 22.5. The summed E-state index contributed by atoms with van der Waals surface area (Å²) in [6, 6.07) is 21.1. The van der Waals surface area contributed by atoms with Crippen LogP contribution in [0.2, 0.25) is 23.2 Å². The molecule has 0 aliphatic heterocycles. The third-order valence-electron chi connectivity index (χ3n) is 6.39. The van der Waals surface area contributed by atoms with Crippen LogP contribution < -0.4 is 10.4 Å². The minimum absolute atomic E-state index is 0.0767. The Labute approximate surface area is 191 Å². The lowest BCUT2D eigenvalue weighted by atomic mass is 10.2. The number of rotatable bonds is 8. The Kier molecular flexibility index (Phi) is 8.01. The molecule has 5 heteroatoms. The third kappa shape index (κ3) is 5.90. The molecule has 31 heavy (non-hydrogen) atoms. The van der Waals surface area contributed by atoms with Crippen LogP contribution in [0.25, 0.3) is 0 Å². The highest BCUT2D eigenvalue weighted by Crippen LogP contribution is 2.38. The minimum Gasteiger partial charge on any atom is -0.546 e. The van der Waals surface area contributed by atoms with Crippen molar-refractivity contribution in [2.45, 2.75) is 71.1 Å². The van der Waals surface area contributed by atoms with E-state index in [0.717, 1.165) is 0 Å². The Balaban J connectivity index is 2.29. The molecule has 1 N–H and O–H groups in total. The fourth-order valence-corrected chi connectivity index (χ4v) is 8.87. The van der Waals surface area contributed by atoms with Crippen LogP contribution in [-0.4, -0.2) is 28.3 Å². The molecule has 0 amide bonds. The molecule has 0 unspecified atom stereocenters. The van der Waals surface area contributed by atoms with Crippen LogP contribution in [0.4, 0.5) is 0 Å². The minimum atomic E-state index is -2.58. The first-order valence-electron chi connectivity index (χ1n) is 11.1. The largest absolute Gasteiger partial charge is 0.546 e. The molecule has 0 bridgehead atoms. The van der Waals surface area contributed by atoms with Gasteiger partial charge in [-0.1, -0.05) is 102 Å². The Bertz CT molecular complexity index is 808. The van der Waals surface area contributed by atoms with Crippen LogP contribution in [-0.2, 0) is 8.85 Å². The maximum absolute atomic E-state index is 10.5. The summed E-state index contributed by atoms with van der Waals surface area (Å²) in [5, 5.41) is 13.0. The smallest absolute Gasteiger partial charge is 0.261 e. The quantitative estimate of drug-likeness (QED) is 0.370. The van der Waals surface area contributed by atoms with Crippen molar-refractivity contribution in [1.29, 1.82) is 0 Å². The van der Waals surface area contributed by atoms with E-state index in [1.165, 1.54) is 10.4 Å². The van der Waals surface area contributed by atoms with E-state index in [9.17, 15) is 5.11 Å². The molecule has 2 aromatic carbocycles. The van der Waals surface area contributed by atoms with E-state index in [1.54, 1.807) is 6.26 Å². The number of aliphatic hydroxyl groups excluding tert-OH is 1. The van der Waals surface area contributed by atoms with E-state index in [4.69, 9.17) is 8.85 Å². The van der Waals surface area contributed by atoms with Gasteiger partial charge in [-0.2, -0.15) is 0 Å². The molecule has 2 aromatic rings. The van der Waals surface area contributed by atoms with Gasteiger partial charge in [-0.15, -0.1) is 0 Å². The Morgan fingerprint density at radius 1 is 0.806 bits per heavy atom. The second kappa shape index (κ2) is 9.76. The summed E-state index contributed by atoms with van der Waals surface area (Å²) in [7, 11) is -4.52. The Morgan fingerprint density at radius 2 is 1.26 bits per heavy atom. The van der Waals surface area contributed by atoms with Crippen molar-refractivity contribution in [1.82, 2.24) is 0 Å². The van der Waals surface area contributed by atoms with Gasteiger partial charge in [-0.25, -0.2) is 0 Å². The number of benzene rings is 2. The van der Waals surface area contributed by atoms with Gasteiger partial charge in [0, 0.05) is 13.0 Å². The zero-order valence-electron chi connectivity index (χ0n) is 20.5. The van der Waals surface area contributed by atoms with Crippen LogP contribution in [0.3, 0.4) is 0 Å². The lowest BCUT2D eigenvalue weighted by Crippen LogP contribution is -2.66. The summed E-state index contributed by atoms with van der Waals surface area (Å²) in [5.74, 6) is 0.239. The third-order valence-corrected chi connectivity index (χ3v) is 15.8. The molecule has 0 saturated heterocycles. The van der Waals surface area contributed by atoms with Crippen LogP contribution in [0, 0.1) is 0 Å². The molecule has 0 fully saturated rings. The molecule has 170 valence electrons. The molecule has 2 rings (SSSR count). The molecule has 0 atom stereocenters. The van der Waals surface area contributed by atoms with Crippen molar-refractivity contribution in [3.05, 3.63) is 72.7 Å². The standard InChI is InChI=1S/C26H40O3Si2/c1-25(2,3)30(7,8)29-21-22(27)19-20-28-31(26(4,5)6,23-15-11-9-12-16-23)24-17-13-10-14-18-24/h9-18,21,27H,19-20H2,1-8H3. The van der Waals surface area contributed by atoms with E-state index in [1.807, 2.05) is 12.1 Å². The van der Waals surface area contributed by atoms with Crippen molar-refractivity contribution in [3.63, 3.8) is 0 Å². The fourth-order valence-electron chi connectivity index (χ4n) is 3.52.